The molecule has 5 nitrogen and oxygen atoms in total. The van der Waals surface area contributed by atoms with Crippen LogP contribution in [0.25, 0.3) is 0 Å². The predicted molar refractivity (Wildman–Crippen MR) is 77.4 cm³/mol. The quantitative estimate of drug-likeness (QED) is 0.769. The molecular weight excluding hydrogens is 346 g/mol. The first-order valence-corrected chi connectivity index (χ1v) is 8.64. The van der Waals surface area contributed by atoms with Gasteiger partial charge in [0.25, 0.3) is 0 Å². The Labute approximate surface area is 125 Å². The molecule has 0 aliphatic carbocycles. The van der Waals surface area contributed by atoms with E-state index in [-0.39, 0.29) is 17.2 Å². The Bertz CT molecular complexity index is 665. The maximum atomic E-state index is 13.0. The Kier molecular flexibility index (Phi) is 3.38. The second-order valence-corrected chi connectivity index (χ2v) is 8.39. The molecule has 1 saturated heterocycles. The number of benzene rings is 1. The summed E-state index contributed by atoms with van der Waals surface area (Å²) in [7, 11) is -3.59. The summed E-state index contributed by atoms with van der Waals surface area (Å²) in [5.41, 5.74) is 0.363. The molecule has 1 aromatic carbocycles. The van der Waals surface area contributed by atoms with Crippen LogP contribution >= 0.6 is 15.9 Å². The summed E-state index contributed by atoms with van der Waals surface area (Å²) in [6, 6.07) is 4.90. The summed E-state index contributed by atoms with van der Waals surface area (Å²) in [5, 5.41) is 2.70. The Morgan fingerprint density at radius 1 is 1.25 bits per heavy atom. The van der Waals surface area contributed by atoms with Gasteiger partial charge in [0.05, 0.1) is 15.3 Å². The van der Waals surface area contributed by atoms with Gasteiger partial charge in [-0.2, -0.15) is 0 Å². The van der Waals surface area contributed by atoms with E-state index < -0.39 is 14.6 Å². The SMILES string of the molecule is O=C1CC2(CCOCC2)S(=O)(=O)c2cc(Br)ccc2N1. The van der Waals surface area contributed by atoms with Gasteiger partial charge < -0.3 is 10.1 Å². The van der Waals surface area contributed by atoms with E-state index in [9.17, 15) is 13.2 Å². The van der Waals surface area contributed by atoms with Crippen LogP contribution in [0, 0.1) is 0 Å². The maximum Gasteiger partial charge on any atom is 0.226 e. The van der Waals surface area contributed by atoms with E-state index in [1.165, 1.54) is 0 Å². The van der Waals surface area contributed by atoms with Crippen LogP contribution in [-0.4, -0.2) is 32.3 Å². The lowest BCUT2D eigenvalue weighted by Gasteiger charge is -2.34. The third kappa shape index (κ3) is 2.08. The Morgan fingerprint density at radius 3 is 2.65 bits per heavy atom. The van der Waals surface area contributed by atoms with E-state index in [1.807, 2.05) is 0 Å². The lowest BCUT2D eigenvalue weighted by atomic mass is 9.95. The molecule has 20 heavy (non-hydrogen) atoms. The molecule has 2 heterocycles. The number of sulfone groups is 1. The highest BCUT2D eigenvalue weighted by Gasteiger charge is 2.49. The molecule has 7 heteroatoms. The van der Waals surface area contributed by atoms with Gasteiger partial charge in [-0.15, -0.1) is 0 Å². The molecule has 2 aliphatic heterocycles. The van der Waals surface area contributed by atoms with Crippen molar-refractivity contribution in [2.24, 2.45) is 0 Å². The van der Waals surface area contributed by atoms with Crippen LogP contribution in [0.15, 0.2) is 27.6 Å². The predicted octanol–water partition coefficient (Wildman–Crippen LogP) is 2.11. The largest absolute Gasteiger partial charge is 0.381 e. The molecular formula is C13H14BrNO4S. The van der Waals surface area contributed by atoms with Gasteiger partial charge in [0.15, 0.2) is 9.84 Å². The van der Waals surface area contributed by atoms with Gasteiger partial charge in [0.2, 0.25) is 5.91 Å². The fourth-order valence-corrected chi connectivity index (χ4v) is 5.52. The minimum absolute atomic E-state index is 0.00894. The summed E-state index contributed by atoms with van der Waals surface area (Å²) in [6.07, 6.45) is 0.703. The minimum Gasteiger partial charge on any atom is -0.381 e. The molecule has 0 aromatic heterocycles. The monoisotopic (exact) mass is 359 g/mol. The highest BCUT2D eigenvalue weighted by molar-refractivity contribution is 9.10. The molecule has 0 bridgehead atoms. The molecule has 1 spiro atoms. The first-order valence-electron chi connectivity index (χ1n) is 6.36. The number of hydrogen-bond donors (Lipinski definition) is 1. The van der Waals surface area contributed by atoms with Crippen LogP contribution in [0.1, 0.15) is 19.3 Å². The van der Waals surface area contributed by atoms with Gasteiger partial charge in [0.1, 0.15) is 0 Å². The number of carbonyl (C=O) groups is 1. The van der Waals surface area contributed by atoms with Gasteiger partial charge >= 0.3 is 0 Å². The third-order valence-electron chi connectivity index (χ3n) is 3.96. The summed E-state index contributed by atoms with van der Waals surface area (Å²) in [4.78, 5) is 12.3. The van der Waals surface area contributed by atoms with Crippen molar-refractivity contribution in [3.63, 3.8) is 0 Å². The van der Waals surface area contributed by atoms with E-state index >= 15 is 0 Å². The van der Waals surface area contributed by atoms with Crippen molar-refractivity contribution in [3.8, 4) is 0 Å². The van der Waals surface area contributed by atoms with Crippen molar-refractivity contribution < 1.29 is 17.9 Å². The number of anilines is 1. The van der Waals surface area contributed by atoms with Gasteiger partial charge in [0, 0.05) is 24.1 Å². The lowest BCUT2D eigenvalue weighted by molar-refractivity contribution is -0.117. The van der Waals surface area contributed by atoms with Crippen molar-refractivity contribution in [3.05, 3.63) is 22.7 Å². The second-order valence-electron chi connectivity index (χ2n) is 5.16. The fourth-order valence-electron chi connectivity index (χ4n) is 2.83. The highest BCUT2D eigenvalue weighted by atomic mass is 79.9. The minimum atomic E-state index is -3.59. The average Bonchev–Trinajstić information content (AvgIpc) is 2.47. The van der Waals surface area contributed by atoms with Crippen LogP contribution in [0.5, 0.6) is 0 Å². The number of carbonyl (C=O) groups excluding carboxylic acids is 1. The number of ether oxygens (including phenoxy) is 1. The zero-order valence-electron chi connectivity index (χ0n) is 10.7. The smallest absolute Gasteiger partial charge is 0.226 e. The van der Waals surface area contributed by atoms with Crippen LogP contribution in [0.3, 0.4) is 0 Å². The number of halogens is 1. The average molecular weight is 360 g/mol. The number of fused-ring (bicyclic) bond motifs is 1. The van der Waals surface area contributed by atoms with Crippen LogP contribution in [0.4, 0.5) is 5.69 Å². The third-order valence-corrected chi connectivity index (χ3v) is 7.07. The Morgan fingerprint density at radius 2 is 1.95 bits per heavy atom. The van der Waals surface area contributed by atoms with Crippen LogP contribution in [-0.2, 0) is 19.4 Å². The molecule has 108 valence electrons. The maximum absolute atomic E-state index is 13.0. The molecule has 0 atom stereocenters. The first kappa shape index (κ1) is 14.0. The second kappa shape index (κ2) is 4.82. The van der Waals surface area contributed by atoms with Gasteiger partial charge in [-0.3, -0.25) is 4.79 Å². The van der Waals surface area contributed by atoms with Crippen molar-refractivity contribution in [1.29, 1.82) is 0 Å². The topological polar surface area (TPSA) is 72.5 Å². The van der Waals surface area contributed by atoms with Crippen molar-refractivity contribution in [2.75, 3.05) is 18.5 Å². The molecule has 0 unspecified atom stereocenters. The van der Waals surface area contributed by atoms with E-state index in [0.29, 0.717) is 36.2 Å². The van der Waals surface area contributed by atoms with Crippen molar-refractivity contribution in [2.45, 2.75) is 28.9 Å². The molecule has 3 rings (SSSR count). The van der Waals surface area contributed by atoms with Gasteiger partial charge in [-0.25, -0.2) is 8.42 Å². The van der Waals surface area contributed by atoms with E-state index in [2.05, 4.69) is 21.2 Å². The van der Waals surface area contributed by atoms with Gasteiger partial charge in [-0.05, 0) is 31.0 Å². The molecule has 2 aliphatic rings. The summed E-state index contributed by atoms with van der Waals surface area (Å²) >= 11 is 3.29. The van der Waals surface area contributed by atoms with Crippen LogP contribution in [0.2, 0.25) is 0 Å². The summed E-state index contributed by atoms with van der Waals surface area (Å²) < 4.78 is 31.0. The number of amides is 1. The Balaban J connectivity index is 2.22. The number of hydrogen-bond acceptors (Lipinski definition) is 4. The van der Waals surface area contributed by atoms with E-state index in [4.69, 9.17) is 4.74 Å². The molecule has 1 fully saturated rings. The zero-order valence-corrected chi connectivity index (χ0v) is 13.1. The fraction of sp³-hybridized carbons (Fsp3) is 0.462. The molecule has 0 radical (unpaired) electrons. The van der Waals surface area contributed by atoms with E-state index in [0.717, 1.165) is 0 Å². The standard InChI is InChI=1S/C13H14BrNO4S/c14-9-1-2-10-11(7-9)20(17,18)13(8-12(16)15-10)3-5-19-6-4-13/h1-2,7H,3-6,8H2,(H,15,16). The number of rotatable bonds is 0. The summed E-state index contributed by atoms with van der Waals surface area (Å²) in [5.74, 6) is -0.253. The zero-order chi connectivity index (χ0) is 14.4. The summed E-state index contributed by atoms with van der Waals surface area (Å²) in [6.45, 7) is 0.742. The molecule has 1 N–H and O–H groups in total. The van der Waals surface area contributed by atoms with Crippen molar-refractivity contribution in [1.82, 2.24) is 0 Å². The molecule has 1 aromatic rings. The van der Waals surface area contributed by atoms with Crippen LogP contribution < -0.4 is 5.32 Å². The lowest BCUT2D eigenvalue weighted by Crippen LogP contribution is -2.45. The highest BCUT2D eigenvalue weighted by Crippen LogP contribution is 2.43. The molecule has 1 amide bonds. The number of nitrogens with one attached hydrogen (secondary N) is 1. The van der Waals surface area contributed by atoms with E-state index in [1.54, 1.807) is 18.2 Å². The first-order chi connectivity index (χ1) is 9.45. The van der Waals surface area contributed by atoms with Gasteiger partial charge in [-0.1, -0.05) is 15.9 Å². The Hall–Kier alpha value is -0.920. The normalized spacial score (nSPS) is 23.8. The molecule has 0 saturated carbocycles. The van der Waals surface area contributed by atoms with Crippen molar-refractivity contribution >= 4 is 37.4 Å².